The van der Waals surface area contributed by atoms with Gasteiger partial charge in [-0.15, -0.1) is 0 Å². The lowest BCUT2D eigenvalue weighted by Gasteiger charge is -2.13. The van der Waals surface area contributed by atoms with Gasteiger partial charge in [0, 0.05) is 5.56 Å². The Morgan fingerprint density at radius 1 is 1.29 bits per heavy atom. The quantitative estimate of drug-likeness (QED) is 0.732. The summed E-state index contributed by atoms with van der Waals surface area (Å²) in [5.41, 5.74) is 0.0549. The number of carboxylic acid groups (broad SMARTS) is 1. The Labute approximate surface area is 95.9 Å². The van der Waals surface area contributed by atoms with Gasteiger partial charge in [0.25, 0.3) is 0 Å². The van der Waals surface area contributed by atoms with Crippen molar-refractivity contribution >= 4 is 5.97 Å². The number of carbonyl (C=O) groups is 1. The molecule has 0 saturated carbocycles. The maximum absolute atomic E-state index is 11.1. The van der Waals surface area contributed by atoms with Crippen LogP contribution in [0.25, 0.3) is 0 Å². The molecule has 3 N–H and O–H groups in total. The molecule has 6 nitrogen and oxygen atoms in total. The molecular formula is C11H10N2O4. The Balaban J connectivity index is 2.25. The maximum Gasteiger partial charge on any atom is 0.349 e. The van der Waals surface area contributed by atoms with E-state index in [9.17, 15) is 9.59 Å². The minimum Gasteiger partial charge on any atom is -0.478 e. The van der Waals surface area contributed by atoms with Crippen molar-refractivity contribution in [3.8, 4) is 5.88 Å². The van der Waals surface area contributed by atoms with Crippen LogP contribution in [0.3, 0.4) is 0 Å². The first-order valence-corrected chi connectivity index (χ1v) is 4.89. The monoisotopic (exact) mass is 234 g/mol. The number of aliphatic carboxylic acids is 1. The van der Waals surface area contributed by atoms with Crippen LogP contribution >= 0.6 is 0 Å². The van der Waals surface area contributed by atoms with Gasteiger partial charge in [-0.1, -0.05) is 30.3 Å². The summed E-state index contributed by atoms with van der Waals surface area (Å²) in [5.74, 6) is -1.04. The van der Waals surface area contributed by atoms with E-state index in [1.807, 2.05) is 0 Å². The summed E-state index contributed by atoms with van der Waals surface area (Å²) in [6.07, 6.45) is 0.129. The molecule has 0 aliphatic heterocycles. The normalized spacial score (nSPS) is 12.0. The maximum atomic E-state index is 11.1. The summed E-state index contributed by atoms with van der Waals surface area (Å²) >= 11 is 0. The number of nitrogens with one attached hydrogen (secondary N) is 2. The van der Waals surface area contributed by atoms with Crippen LogP contribution in [0.1, 0.15) is 11.7 Å². The van der Waals surface area contributed by atoms with Crippen LogP contribution in [0.15, 0.2) is 41.3 Å². The molecule has 88 valence electrons. The predicted octanol–water partition coefficient (Wildman–Crippen LogP) is 0.908. The van der Waals surface area contributed by atoms with Crippen LogP contribution in [0, 0.1) is 0 Å². The van der Waals surface area contributed by atoms with Crippen LogP contribution in [0.4, 0.5) is 0 Å². The van der Waals surface area contributed by atoms with Gasteiger partial charge < -0.3 is 14.8 Å². The predicted molar refractivity (Wildman–Crippen MR) is 58.9 cm³/mol. The summed E-state index contributed by atoms with van der Waals surface area (Å²) in [6.45, 7) is 0. The highest BCUT2D eigenvalue weighted by Crippen LogP contribution is 2.19. The summed E-state index contributed by atoms with van der Waals surface area (Å²) in [4.78, 5) is 26.6. The van der Waals surface area contributed by atoms with E-state index in [2.05, 4.69) is 9.97 Å². The molecular weight excluding hydrogens is 224 g/mol. The third-order valence-corrected chi connectivity index (χ3v) is 2.14. The second-order valence-electron chi connectivity index (χ2n) is 3.35. The lowest BCUT2D eigenvalue weighted by atomic mass is 10.1. The Bertz CT molecular complexity index is 558. The van der Waals surface area contributed by atoms with Crippen molar-refractivity contribution in [3.05, 3.63) is 52.6 Å². The lowest BCUT2D eigenvalue weighted by Crippen LogP contribution is -2.18. The second-order valence-corrected chi connectivity index (χ2v) is 3.35. The summed E-state index contributed by atoms with van der Waals surface area (Å²) < 4.78 is 5.20. The van der Waals surface area contributed by atoms with Gasteiger partial charge in [0.15, 0.2) is 0 Å². The number of imidazole rings is 1. The van der Waals surface area contributed by atoms with Crippen LogP contribution < -0.4 is 10.4 Å². The van der Waals surface area contributed by atoms with Gasteiger partial charge in [0.2, 0.25) is 12.0 Å². The van der Waals surface area contributed by atoms with Gasteiger partial charge in [0.1, 0.15) is 0 Å². The molecule has 1 unspecified atom stereocenters. The largest absolute Gasteiger partial charge is 0.478 e. The molecule has 0 spiro atoms. The van der Waals surface area contributed by atoms with E-state index >= 15 is 0 Å². The van der Waals surface area contributed by atoms with Gasteiger partial charge in [-0.3, -0.25) is 4.98 Å². The molecule has 6 heteroatoms. The fourth-order valence-electron chi connectivity index (χ4n) is 1.39. The Morgan fingerprint density at radius 2 is 2.00 bits per heavy atom. The number of carboxylic acids is 1. The first kappa shape index (κ1) is 11.0. The zero-order chi connectivity index (χ0) is 12.3. The molecule has 0 aliphatic rings. The van der Waals surface area contributed by atoms with E-state index in [4.69, 9.17) is 9.84 Å². The summed E-state index contributed by atoms with van der Waals surface area (Å²) in [6, 6.07) is 8.50. The van der Waals surface area contributed by atoms with E-state index in [1.165, 1.54) is 6.20 Å². The Hall–Kier alpha value is -2.50. The van der Waals surface area contributed by atoms with Crippen molar-refractivity contribution in [2.24, 2.45) is 0 Å². The van der Waals surface area contributed by atoms with Gasteiger partial charge in [-0.05, 0) is 0 Å². The van der Waals surface area contributed by atoms with Gasteiger partial charge in [-0.25, -0.2) is 9.59 Å². The molecule has 17 heavy (non-hydrogen) atoms. The molecule has 1 heterocycles. The van der Waals surface area contributed by atoms with Crippen LogP contribution in [-0.2, 0) is 4.79 Å². The third kappa shape index (κ3) is 2.54. The molecule has 0 saturated heterocycles. The van der Waals surface area contributed by atoms with Crippen molar-refractivity contribution in [1.82, 2.24) is 9.97 Å². The van der Waals surface area contributed by atoms with Crippen molar-refractivity contribution in [1.29, 1.82) is 0 Å². The number of aromatic nitrogens is 2. The first-order chi connectivity index (χ1) is 8.16. The molecule has 1 atom stereocenters. The van der Waals surface area contributed by atoms with Crippen LogP contribution in [0.5, 0.6) is 5.88 Å². The van der Waals surface area contributed by atoms with Gasteiger partial charge in [0.05, 0.1) is 6.20 Å². The lowest BCUT2D eigenvalue weighted by molar-refractivity contribution is -0.145. The van der Waals surface area contributed by atoms with E-state index in [0.717, 1.165) is 0 Å². The van der Waals surface area contributed by atoms with Crippen LogP contribution in [0.2, 0.25) is 0 Å². The van der Waals surface area contributed by atoms with Gasteiger partial charge in [-0.2, -0.15) is 0 Å². The number of ether oxygens (including phenoxy) is 1. The van der Waals surface area contributed by atoms with E-state index in [0.29, 0.717) is 5.56 Å². The Morgan fingerprint density at radius 3 is 2.53 bits per heavy atom. The molecule has 0 aliphatic carbocycles. The highest BCUT2D eigenvalue weighted by molar-refractivity contribution is 5.74. The summed E-state index contributed by atoms with van der Waals surface area (Å²) in [5, 5.41) is 9.07. The van der Waals surface area contributed by atoms with Crippen molar-refractivity contribution in [2.75, 3.05) is 0 Å². The average molecular weight is 234 g/mol. The third-order valence-electron chi connectivity index (χ3n) is 2.14. The topological polar surface area (TPSA) is 95.2 Å². The number of H-pyrrole nitrogens is 2. The molecule has 0 bridgehead atoms. The molecule has 0 radical (unpaired) electrons. The average Bonchev–Trinajstić information content (AvgIpc) is 2.73. The fraction of sp³-hybridized carbons (Fsp3) is 0.0909. The van der Waals surface area contributed by atoms with E-state index < -0.39 is 17.8 Å². The standard InChI is InChI=1S/C11H10N2O4/c14-10(15)9(7-4-2-1-3-5-7)17-8-6-12-11(16)13-8/h1-6,9H,(H,14,15)(H2,12,13,16). The smallest absolute Gasteiger partial charge is 0.349 e. The number of rotatable bonds is 4. The fourth-order valence-corrected chi connectivity index (χ4v) is 1.39. The number of hydrogen-bond acceptors (Lipinski definition) is 3. The minimum absolute atomic E-state index is 0.0891. The van der Waals surface area contributed by atoms with Crippen LogP contribution in [-0.4, -0.2) is 21.0 Å². The number of hydrogen-bond donors (Lipinski definition) is 3. The summed E-state index contributed by atoms with van der Waals surface area (Å²) in [7, 11) is 0. The first-order valence-electron chi connectivity index (χ1n) is 4.89. The van der Waals surface area contributed by atoms with E-state index in [-0.39, 0.29) is 5.88 Å². The molecule has 2 aromatic rings. The number of aromatic amines is 2. The SMILES string of the molecule is O=C(O)C(Oc1c[nH]c(=O)[nH]1)c1ccccc1. The highest BCUT2D eigenvalue weighted by Gasteiger charge is 2.22. The zero-order valence-electron chi connectivity index (χ0n) is 8.71. The van der Waals surface area contributed by atoms with Crippen molar-refractivity contribution in [2.45, 2.75) is 6.10 Å². The second kappa shape index (κ2) is 4.56. The molecule has 0 fully saturated rings. The highest BCUT2D eigenvalue weighted by atomic mass is 16.5. The molecule has 0 amide bonds. The molecule has 1 aromatic heterocycles. The van der Waals surface area contributed by atoms with Crippen molar-refractivity contribution < 1.29 is 14.6 Å². The van der Waals surface area contributed by atoms with E-state index in [1.54, 1.807) is 30.3 Å². The molecule has 2 rings (SSSR count). The minimum atomic E-state index is -1.15. The van der Waals surface area contributed by atoms with Crippen molar-refractivity contribution in [3.63, 3.8) is 0 Å². The number of benzene rings is 1. The Kier molecular flexibility index (Phi) is 2.95. The van der Waals surface area contributed by atoms with Gasteiger partial charge >= 0.3 is 11.7 Å². The molecule has 1 aromatic carbocycles. The zero-order valence-corrected chi connectivity index (χ0v) is 8.71.